The van der Waals surface area contributed by atoms with Crippen LogP contribution in [0.3, 0.4) is 0 Å². The van der Waals surface area contributed by atoms with E-state index < -0.39 is 11.2 Å². The topological polar surface area (TPSA) is 119 Å². The zero-order chi connectivity index (χ0) is 17.4. The number of fused-ring (bicyclic) bond motifs is 1. The summed E-state index contributed by atoms with van der Waals surface area (Å²) in [7, 11) is 1.63. The van der Waals surface area contributed by atoms with E-state index in [0.29, 0.717) is 17.7 Å². The third-order valence-electron chi connectivity index (χ3n) is 4.57. The summed E-state index contributed by atoms with van der Waals surface area (Å²) in [4.78, 5) is 33.6. The summed E-state index contributed by atoms with van der Waals surface area (Å²) in [5.74, 6) is 0.729. The van der Waals surface area contributed by atoms with Crippen LogP contribution in [0.5, 0.6) is 0 Å². The number of hydrogen-bond donors (Lipinski definition) is 2. The van der Waals surface area contributed by atoms with Crippen LogP contribution in [-0.4, -0.2) is 50.8 Å². The Kier molecular flexibility index (Phi) is 4.92. The number of aromatic amines is 1. The molecule has 0 aliphatic carbocycles. The fourth-order valence-corrected chi connectivity index (χ4v) is 3.25. The van der Waals surface area contributed by atoms with Crippen LogP contribution >= 0.6 is 0 Å². The Labute approximate surface area is 149 Å². The van der Waals surface area contributed by atoms with Gasteiger partial charge in [0.1, 0.15) is 0 Å². The lowest BCUT2D eigenvalue weighted by Gasteiger charge is -2.28. The van der Waals surface area contributed by atoms with Crippen molar-refractivity contribution in [3.05, 3.63) is 56.7 Å². The average Bonchev–Trinajstić information content (AvgIpc) is 3.01. The number of nitrogens with one attached hydrogen (secondary N) is 2. The summed E-state index contributed by atoms with van der Waals surface area (Å²) in [6, 6.07) is 9.94. The van der Waals surface area contributed by atoms with Crippen molar-refractivity contribution in [2.24, 2.45) is 7.05 Å². The standard InChI is InChI=1S/C17H20N6O2.H2O/c1-21-14-13(15(24)20-17(21)25)23(11-12-5-3-2-4-6-12)16(19-14)22-9-7-18-8-10-22;/h2-6,18H,7-11H2,1H3,(H,20,24,25);1H2. The lowest BCUT2D eigenvalue weighted by atomic mass is 10.2. The second kappa shape index (κ2) is 7.14. The van der Waals surface area contributed by atoms with Crippen LogP contribution < -0.4 is 21.5 Å². The van der Waals surface area contributed by atoms with Crippen LogP contribution in [0.1, 0.15) is 5.56 Å². The minimum absolute atomic E-state index is 0. The van der Waals surface area contributed by atoms with Crippen LogP contribution in [0.15, 0.2) is 39.9 Å². The number of hydrogen-bond acceptors (Lipinski definition) is 5. The highest BCUT2D eigenvalue weighted by Gasteiger charge is 2.22. The van der Waals surface area contributed by atoms with Gasteiger partial charge in [0.25, 0.3) is 5.56 Å². The number of aryl methyl sites for hydroxylation is 1. The number of anilines is 1. The van der Waals surface area contributed by atoms with Crippen LogP contribution in [-0.2, 0) is 13.6 Å². The second-order valence-corrected chi connectivity index (χ2v) is 6.21. The van der Waals surface area contributed by atoms with Crippen LogP contribution in [0.25, 0.3) is 11.2 Å². The lowest BCUT2D eigenvalue weighted by molar-refractivity contribution is 0.571. The van der Waals surface area contributed by atoms with Crippen LogP contribution in [0.4, 0.5) is 5.95 Å². The van der Waals surface area contributed by atoms with Gasteiger partial charge >= 0.3 is 5.69 Å². The minimum atomic E-state index is -0.450. The maximum absolute atomic E-state index is 12.5. The van der Waals surface area contributed by atoms with Crippen molar-refractivity contribution < 1.29 is 5.48 Å². The van der Waals surface area contributed by atoms with Crippen LogP contribution in [0.2, 0.25) is 0 Å². The molecule has 9 heteroatoms. The van der Waals surface area contributed by atoms with E-state index in [1.165, 1.54) is 4.57 Å². The first kappa shape index (κ1) is 17.9. The molecular formula is C17H22N6O3. The Hall–Kier alpha value is -2.91. The third-order valence-corrected chi connectivity index (χ3v) is 4.57. The summed E-state index contributed by atoms with van der Waals surface area (Å²) in [5.41, 5.74) is 1.07. The molecule has 0 amide bonds. The molecule has 4 N–H and O–H groups in total. The van der Waals surface area contributed by atoms with Crippen molar-refractivity contribution in [1.29, 1.82) is 0 Å². The van der Waals surface area contributed by atoms with Crippen molar-refractivity contribution >= 4 is 17.1 Å². The number of aromatic nitrogens is 4. The number of H-pyrrole nitrogens is 1. The second-order valence-electron chi connectivity index (χ2n) is 6.21. The molecule has 1 aliphatic heterocycles. The summed E-state index contributed by atoms with van der Waals surface area (Å²) in [6.45, 7) is 3.87. The molecule has 0 spiro atoms. The molecule has 0 radical (unpaired) electrons. The molecule has 9 nitrogen and oxygen atoms in total. The number of nitrogens with zero attached hydrogens (tertiary/aromatic N) is 4. The van der Waals surface area contributed by atoms with Crippen molar-refractivity contribution in [1.82, 2.24) is 24.4 Å². The maximum Gasteiger partial charge on any atom is 0.329 e. The number of imidazole rings is 1. The van der Waals surface area contributed by atoms with Gasteiger partial charge in [0.05, 0.1) is 6.54 Å². The molecule has 1 saturated heterocycles. The lowest BCUT2D eigenvalue weighted by Crippen LogP contribution is -2.44. The summed E-state index contributed by atoms with van der Waals surface area (Å²) in [6.07, 6.45) is 0. The molecule has 138 valence electrons. The summed E-state index contributed by atoms with van der Waals surface area (Å²) >= 11 is 0. The zero-order valence-electron chi connectivity index (χ0n) is 14.5. The van der Waals surface area contributed by atoms with E-state index >= 15 is 0 Å². The number of benzene rings is 1. The SMILES string of the molecule is Cn1c(=O)[nH]c(=O)c2c1nc(N1CCNCC1)n2Cc1ccccc1.O. The Morgan fingerprint density at radius 2 is 1.81 bits per heavy atom. The summed E-state index contributed by atoms with van der Waals surface area (Å²) in [5, 5.41) is 3.32. The van der Waals surface area contributed by atoms with Crippen LogP contribution in [0, 0.1) is 0 Å². The molecule has 4 rings (SSSR count). The normalized spacial score (nSPS) is 14.4. The van der Waals surface area contributed by atoms with Gasteiger partial charge in [-0.1, -0.05) is 30.3 Å². The van der Waals surface area contributed by atoms with Crippen molar-refractivity contribution in [3.8, 4) is 0 Å². The van der Waals surface area contributed by atoms with Gasteiger partial charge in [0, 0.05) is 33.2 Å². The largest absolute Gasteiger partial charge is 0.412 e. The predicted molar refractivity (Wildman–Crippen MR) is 99.8 cm³/mol. The first-order valence-electron chi connectivity index (χ1n) is 8.34. The molecule has 1 fully saturated rings. The Balaban J connectivity index is 0.00000196. The number of rotatable bonds is 3. The molecule has 0 unspecified atom stereocenters. The maximum atomic E-state index is 12.5. The highest BCUT2D eigenvalue weighted by molar-refractivity contribution is 5.74. The first-order chi connectivity index (χ1) is 12.1. The van der Waals surface area contributed by atoms with Gasteiger partial charge in [-0.2, -0.15) is 4.98 Å². The van der Waals surface area contributed by atoms with Crippen molar-refractivity contribution in [3.63, 3.8) is 0 Å². The zero-order valence-corrected chi connectivity index (χ0v) is 14.5. The molecule has 26 heavy (non-hydrogen) atoms. The van der Waals surface area contributed by atoms with Crippen molar-refractivity contribution in [2.45, 2.75) is 6.54 Å². The van der Waals surface area contributed by atoms with Gasteiger partial charge in [0.2, 0.25) is 5.95 Å². The Morgan fingerprint density at radius 1 is 1.12 bits per heavy atom. The van der Waals surface area contributed by atoms with Gasteiger partial charge in [0.15, 0.2) is 11.2 Å². The van der Waals surface area contributed by atoms with Gasteiger partial charge in [-0.25, -0.2) is 4.79 Å². The molecule has 0 bridgehead atoms. The van der Waals surface area contributed by atoms with E-state index in [1.807, 2.05) is 34.9 Å². The third kappa shape index (κ3) is 3.02. The molecule has 0 atom stereocenters. The number of piperazine rings is 1. The molecule has 1 aliphatic rings. The molecule has 0 saturated carbocycles. The van der Waals surface area contributed by atoms with Gasteiger partial charge in [-0.15, -0.1) is 0 Å². The van der Waals surface area contributed by atoms with E-state index in [0.717, 1.165) is 37.7 Å². The van der Waals surface area contributed by atoms with E-state index in [4.69, 9.17) is 0 Å². The predicted octanol–water partition coefficient (Wildman–Crippen LogP) is -0.943. The van der Waals surface area contributed by atoms with Gasteiger partial charge in [-0.3, -0.25) is 18.9 Å². The van der Waals surface area contributed by atoms with E-state index in [9.17, 15) is 9.59 Å². The van der Waals surface area contributed by atoms with E-state index in [2.05, 4.69) is 20.2 Å². The molecule has 2 aromatic heterocycles. The van der Waals surface area contributed by atoms with Crippen molar-refractivity contribution in [2.75, 3.05) is 31.1 Å². The van der Waals surface area contributed by atoms with Gasteiger partial charge in [-0.05, 0) is 5.56 Å². The Morgan fingerprint density at radius 3 is 2.50 bits per heavy atom. The fraction of sp³-hybridized carbons (Fsp3) is 0.353. The smallest absolute Gasteiger partial charge is 0.329 e. The molecule has 1 aromatic carbocycles. The molecular weight excluding hydrogens is 336 g/mol. The highest BCUT2D eigenvalue weighted by Crippen LogP contribution is 2.21. The average molecular weight is 358 g/mol. The monoisotopic (exact) mass is 358 g/mol. The van der Waals surface area contributed by atoms with E-state index in [1.54, 1.807) is 7.05 Å². The van der Waals surface area contributed by atoms with E-state index in [-0.39, 0.29) is 5.48 Å². The minimum Gasteiger partial charge on any atom is -0.412 e. The van der Waals surface area contributed by atoms with Gasteiger partial charge < -0.3 is 15.7 Å². The first-order valence-corrected chi connectivity index (χ1v) is 8.34. The highest BCUT2D eigenvalue weighted by atomic mass is 16.2. The quantitative estimate of drug-likeness (QED) is 0.626. The Bertz CT molecular complexity index is 1010. The fourth-order valence-electron chi connectivity index (χ4n) is 3.25. The summed E-state index contributed by atoms with van der Waals surface area (Å²) < 4.78 is 3.30. The molecule has 3 heterocycles. The molecule has 3 aromatic rings.